The molecule has 0 aromatic heterocycles. The van der Waals surface area contributed by atoms with Crippen molar-refractivity contribution in [2.45, 2.75) is 50.3 Å². The monoisotopic (exact) mass is 457 g/mol. The van der Waals surface area contributed by atoms with E-state index in [-0.39, 0.29) is 16.2 Å². The van der Waals surface area contributed by atoms with Gasteiger partial charge in [-0.3, -0.25) is 4.79 Å². The lowest BCUT2D eigenvalue weighted by Gasteiger charge is -2.33. The topological polar surface area (TPSA) is 90.0 Å². The Bertz CT molecular complexity index is 1090. The van der Waals surface area contributed by atoms with E-state index in [0.29, 0.717) is 24.5 Å². The molecule has 7 nitrogen and oxygen atoms in total. The quantitative estimate of drug-likeness (QED) is 0.660. The van der Waals surface area contributed by atoms with E-state index < -0.39 is 15.9 Å². The van der Waals surface area contributed by atoms with Crippen LogP contribution in [0.5, 0.6) is 5.75 Å². The molecule has 2 aliphatic rings. The Morgan fingerprint density at radius 3 is 2.22 bits per heavy atom. The van der Waals surface area contributed by atoms with Gasteiger partial charge in [0.25, 0.3) is 5.91 Å². The molecule has 4 rings (SSSR count). The van der Waals surface area contributed by atoms with Crippen LogP contribution in [0.1, 0.15) is 54.4 Å². The molecule has 2 fully saturated rings. The van der Waals surface area contributed by atoms with Crippen molar-refractivity contribution in [3.05, 3.63) is 47.5 Å². The summed E-state index contributed by atoms with van der Waals surface area (Å²) in [5.74, 6) is -0.478. The number of carbonyl (C=O) groups excluding carboxylic acids is 1. The largest absolute Gasteiger partial charge is 0.506 e. The van der Waals surface area contributed by atoms with E-state index in [4.69, 9.17) is 0 Å². The van der Waals surface area contributed by atoms with E-state index in [1.807, 2.05) is 6.92 Å². The minimum Gasteiger partial charge on any atom is -0.506 e. The van der Waals surface area contributed by atoms with Gasteiger partial charge in [-0.1, -0.05) is 12.5 Å². The van der Waals surface area contributed by atoms with Gasteiger partial charge in [0.05, 0.1) is 11.4 Å². The SMILES string of the molecule is Cc1ccc(NC(=O)c2ccc(N3CCCCC3)c(S(=O)(=O)N3CCCCC3)c2)c(O)c1. The van der Waals surface area contributed by atoms with Crippen LogP contribution in [0.15, 0.2) is 41.3 Å². The number of hydrogen-bond donors (Lipinski definition) is 2. The number of nitrogens with zero attached hydrogens (tertiary/aromatic N) is 2. The Morgan fingerprint density at radius 2 is 1.56 bits per heavy atom. The maximum absolute atomic E-state index is 13.6. The second-order valence-corrected chi connectivity index (χ2v) is 10.6. The maximum atomic E-state index is 13.6. The summed E-state index contributed by atoms with van der Waals surface area (Å²) < 4.78 is 28.8. The Morgan fingerprint density at radius 1 is 0.906 bits per heavy atom. The third-order valence-electron chi connectivity index (χ3n) is 6.25. The molecule has 172 valence electrons. The van der Waals surface area contributed by atoms with Crippen molar-refractivity contribution in [1.82, 2.24) is 4.31 Å². The number of anilines is 2. The zero-order chi connectivity index (χ0) is 22.7. The smallest absolute Gasteiger partial charge is 0.255 e. The number of rotatable bonds is 5. The molecule has 2 heterocycles. The number of amides is 1. The van der Waals surface area contributed by atoms with Crippen LogP contribution in [-0.2, 0) is 10.0 Å². The van der Waals surface area contributed by atoms with E-state index in [1.54, 1.807) is 34.6 Å². The molecule has 8 heteroatoms. The number of phenols is 1. The lowest BCUT2D eigenvalue weighted by Crippen LogP contribution is -2.37. The number of sulfonamides is 1. The molecule has 0 bridgehead atoms. The molecule has 0 saturated carbocycles. The normalized spacial score (nSPS) is 17.8. The van der Waals surface area contributed by atoms with Gasteiger partial charge in [0.1, 0.15) is 10.6 Å². The second kappa shape index (κ2) is 9.50. The third-order valence-corrected chi connectivity index (χ3v) is 8.18. The molecule has 0 spiro atoms. The number of piperidine rings is 2. The van der Waals surface area contributed by atoms with Crippen molar-refractivity contribution in [3.63, 3.8) is 0 Å². The van der Waals surface area contributed by atoms with E-state index in [9.17, 15) is 18.3 Å². The summed E-state index contributed by atoms with van der Waals surface area (Å²) in [6.45, 7) is 4.49. The molecule has 32 heavy (non-hydrogen) atoms. The van der Waals surface area contributed by atoms with E-state index in [1.165, 1.54) is 6.07 Å². The zero-order valence-corrected chi connectivity index (χ0v) is 19.3. The first-order valence-electron chi connectivity index (χ1n) is 11.4. The highest BCUT2D eigenvalue weighted by molar-refractivity contribution is 7.89. The van der Waals surface area contributed by atoms with E-state index >= 15 is 0 Å². The molecule has 2 aliphatic heterocycles. The fourth-order valence-corrected chi connectivity index (χ4v) is 6.20. The summed E-state index contributed by atoms with van der Waals surface area (Å²) in [7, 11) is -3.72. The van der Waals surface area contributed by atoms with Crippen molar-refractivity contribution in [1.29, 1.82) is 0 Å². The summed E-state index contributed by atoms with van der Waals surface area (Å²) in [6.07, 6.45) is 5.94. The van der Waals surface area contributed by atoms with Crippen LogP contribution >= 0.6 is 0 Å². The van der Waals surface area contributed by atoms with Gasteiger partial charge in [-0.25, -0.2) is 8.42 Å². The number of hydrogen-bond acceptors (Lipinski definition) is 5. The lowest BCUT2D eigenvalue weighted by atomic mass is 10.1. The standard InChI is InChI=1S/C24H31N3O4S/c1-18-8-10-20(22(28)16-18)25-24(29)19-9-11-21(26-12-4-2-5-13-26)23(17-19)32(30,31)27-14-6-3-7-15-27/h8-11,16-17,28H,2-7,12-15H2,1H3,(H,25,29). The minimum atomic E-state index is -3.72. The van der Waals surface area contributed by atoms with Crippen LogP contribution in [0, 0.1) is 6.92 Å². The van der Waals surface area contributed by atoms with Crippen molar-refractivity contribution >= 4 is 27.3 Å². The van der Waals surface area contributed by atoms with Crippen molar-refractivity contribution in [3.8, 4) is 5.75 Å². The first-order chi connectivity index (χ1) is 15.4. The zero-order valence-electron chi connectivity index (χ0n) is 18.5. The van der Waals surface area contributed by atoms with Crippen LogP contribution in [0.3, 0.4) is 0 Å². The molecular weight excluding hydrogens is 426 g/mol. The van der Waals surface area contributed by atoms with Gasteiger partial charge in [0.2, 0.25) is 10.0 Å². The van der Waals surface area contributed by atoms with Gasteiger partial charge >= 0.3 is 0 Å². The van der Waals surface area contributed by atoms with Gasteiger partial charge in [0, 0.05) is 31.7 Å². The van der Waals surface area contributed by atoms with E-state index in [0.717, 1.165) is 57.2 Å². The molecule has 2 aromatic rings. The Hall–Kier alpha value is -2.58. The van der Waals surface area contributed by atoms with Gasteiger partial charge in [0.15, 0.2) is 0 Å². The predicted octanol–water partition coefficient (Wildman–Crippen LogP) is 4.12. The van der Waals surface area contributed by atoms with Crippen molar-refractivity contribution in [2.24, 2.45) is 0 Å². The molecule has 1 amide bonds. The molecule has 0 radical (unpaired) electrons. The maximum Gasteiger partial charge on any atom is 0.255 e. The molecule has 2 saturated heterocycles. The average molecular weight is 458 g/mol. The highest BCUT2D eigenvalue weighted by atomic mass is 32.2. The lowest BCUT2D eigenvalue weighted by molar-refractivity contribution is 0.102. The summed E-state index contributed by atoms with van der Waals surface area (Å²) in [6, 6.07) is 9.92. The Kier molecular flexibility index (Phi) is 6.71. The van der Waals surface area contributed by atoms with Crippen LogP contribution in [-0.4, -0.2) is 49.9 Å². The van der Waals surface area contributed by atoms with Gasteiger partial charge < -0.3 is 15.3 Å². The van der Waals surface area contributed by atoms with Crippen LogP contribution in [0.25, 0.3) is 0 Å². The van der Waals surface area contributed by atoms with Crippen molar-refractivity contribution in [2.75, 3.05) is 36.4 Å². The highest BCUT2D eigenvalue weighted by Crippen LogP contribution is 2.33. The summed E-state index contributed by atoms with van der Waals surface area (Å²) >= 11 is 0. The molecule has 2 N–H and O–H groups in total. The summed E-state index contributed by atoms with van der Waals surface area (Å²) in [5.41, 5.74) is 2.09. The molecular formula is C24H31N3O4S. The summed E-state index contributed by atoms with van der Waals surface area (Å²) in [5, 5.41) is 12.8. The van der Waals surface area contributed by atoms with Crippen LogP contribution in [0.2, 0.25) is 0 Å². The minimum absolute atomic E-state index is 0.0237. The Balaban J connectivity index is 1.70. The second-order valence-electron chi connectivity index (χ2n) is 8.67. The fourth-order valence-electron chi connectivity index (χ4n) is 4.44. The first-order valence-corrected chi connectivity index (χ1v) is 12.8. The number of nitrogens with one attached hydrogen (secondary N) is 1. The fraction of sp³-hybridized carbons (Fsp3) is 0.458. The Labute approximate surface area is 190 Å². The van der Waals surface area contributed by atoms with Crippen LogP contribution in [0.4, 0.5) is 11.4 Å². The first kappa shape index (κ1) is 22.6. The third kappa shape index (κ3) is 4.76. The summed E-state index contributed by atoms with van der Waals surface area (Å²) in [4.78, 5) is 15.3. The number of carbonyl (C=O) groups is 1. The van der Waals surface area contributed by atoms with Gasteiger partial charge in [-0.15, -0.1) is 0 Å². The highest BCUT2D eigenvalue weighted by Gasteiger charge is 2.31. The molecule has 0 atom stereocenters. The molecule has 0 aliphatic carbocycles. The number of aromatic hydroxyl groups is 1. The van der Waals surface area contributed by atoms with Gasteiger partial charge in [-0.05, 0) is 74.9 Å². The number of aryl methyl sites for hydroxylation is 1. The van der Waals surface area contributed by atoms with E-state index in [2.05, 4.69) is 10.2 Å². The van der Waals surface area contributed by atoms with Gasteiger partial charge in [-0.2, -0.15) is 4.31 Å². The van der Waals surface area contributed by atoms with Crippen LogP contribution < -0.4 is 10.2 Å². The van der Waals surface area contributed by atoms with Crippen molar-refractivity contribution < 1.29 is 18.3 Å². The number of phenolic OH excluding ortho intramolecular Hbond substituents is 1. The predicted molar refractivity (Wildman–Crippen MR) is 126 cm³/mol. The number of benzene rings is 2. The average Bonchev–Trinajstić information content (AvgIpc) is 2.81. The molecule has 0 unspecified atom stereocenters. The molecule has 2 aromatic carbocycles.